The van der Waals surface area contributed by atoms with Gasteiger partial charge in [0.1, 0.15) is 5.84 Å². The first-order chi connectivity index (χ1) is 7.33. The molecule has 0 amide bonds. The molecule has 0 radical (unpaired) electrons. The third kappa shape index (κ3) is 3.77. The average molecular weight is 305 g/mol. The minimum Gasteiger partial charge on any atom is -0.308 e. The number of benzene rings is 1. The van der Waals surface area contributed by atoms with Crippen LogP contribution in [0.5, 0.6) is 0 Å². The van der Waals surface area contributed by atoms with Crippen LogP contribution in [0, 0.1) is 0 Å². The molecule has 0 spiro atoms. The topological polar surface area (TPSA) is 50.4 Å². The molecule has 0 saturated carbocycles. The second kappa shape index (κ2) is 5.17. The van der Waals surface area contributed by atoms with Crippen LogP contribution in [0.1, 0.15) is 26.3 Å². The van der Waals surface area contributed by atoms with Crippen molar-refractivity contribution in [3.63, 3.8) is 0 Å². The first-order valence-electron chi connectivity index (χ1n) is 4.85. The molecule has 3 N–H and O–H groups in total. The van der Waals surface area contributed by atoms with Crippen molar-refractivity contribution in [2.75, 3.05) is 0 Å². The van der Waals surface area contributed by atoms with Crippen molar-refractivity contribution in [3.8, 4) is 0 Å². The molecule has 0 aromatic heterocycles. The molecular formula is C11H15BrClN3. The number of nitrogens with two attached hydrogens (primary N) is 1. The summed E-state index contributed by atoms with van der Waals surface area (Å²) in [6.45, 7) is 5.99. The Hall–Kier alpha value is -0.580. The number of rotatable bonds is 1. The summed E-state index contributed by atoms with van der Waals surface area (Å²) in [6.07, 6.45) is 0. The maximum absolute atomic E-state index is 6.13. The van der Waals surface area contributed by atoms with Gasteiger partial charge in [0.15, 0.2) is 0 Å². The predicted octanol–water partition coefficient (Wildman–Crippen LogP) is 3.11. The Morgan fingerprint density at radius 1 is 1.44 bits per heavy atom. The van der Waals surface area contributed by atoms with E-state index in [9.17, 15) is 0 Å². The molecule has 0 bridgehead atoms. The van der Waals surface area contributed by atoms with Crippen LogP contribution >= 0.6 is 27.5 Å². The summed E-state index contributed by atoms with van der Waals surface area (Å²) < 4.78 is 0.924. The molecule has 1 rings (SSSR count). The normalized spacial score (nSPS) is 12.8. The van der Waals surface area contributed by atoms with Crippen LogP contribution in [0.25, 0.3) is 0 Å². The van der Waals surface area contributed by atoms with Gasteiger partial charge in [-0.2, -0.15) is 0 Å². The van der Waals surface area contributed by atoms with Gasteiger partial charge in [0.05, 0.1) is 10.6 Å². The highest BCUT2D eigenvalue weighted by molar-refractivity contribution is 9.10. The highest BCUT2D eigenvalue weighted by atomic mass is 79.9. The second-order valence-corrected chi connectivity index (χ2v) is 5.72. The molecule has 0 aliphatic carbocycles. The Balaban J connectivity index is 3.19. The largest absolute Gasteiger partial charge is 0.308 e. The van der Waals surface area contributed by atoms with Gasteiger partial charge in [-0.05, 0) is 39.0 Å². The molecular weight excluding hydrogens is 289 g/mol. The van der Waals surface area contributed by atoms with E-state index in [2.05, 4.69) is 26.3 Å². The zero-order valence-electron chi connectivity index (χ0n) is 9.51. The Bertz CT molecular complexity index is 410. The van der Waals surface area contributed by atoms with Crippen LogP contribution in [-0.2, 0) is 0 Å². The number of halogens is 2. The Morgan fingerprint density at radius 2 is 2.06 bits per heavy atom. The average Bonchev–Trinajstić information content (AvgIpc) is 2.13. The van der Waals surface area contributed by atoms with Gasteiger partial charge < -0.3 is 5.43 Å². The SMILES string of the molecule is CC(C)(C)N=C(NN)c1ccc(Br)cc1Cl. The molecule has 0 aliphatic rings. The molecule has 0 fully saturated rings. The first-order valence-corrected chi connectivity index (χ1v) is 6.02. The molecule has 0 saturated heterocycles. The van der Waals surface area contributed by atoms with Crippen LogP contribution < -0.4 is 11.3 Å². The van der Waals surface area contributed by atoms with Gasteiger partial charge in [0, 0.05) is 10.0 Å². The molecule has 0 atom stereocenters. The number of hydrogen-bond acceptors (Lipinski definition) is 2. The maximum atomic E-state index is 6.13. The smallest absolute Gasteiger partial charge is 0.144 e. The van der Waals surface area contributed by atoms with E-state index in [0.29, 0.717) is 10.9 Å². The summed E-state index contributed by atoms with van der Waals surface area (Å²) in [6, 6.07) is 5.58. The van der Waals surface area contributed by atoms with Gasteiger partial charge >= 0.3 is 0 Å². The molecule has 3 nitrogen and oxygen atoms in total. The summed E-state index contributed by atoms with van der Waals surface area (Å²) in [5.41, 5.74) is 3.17. The molecule has 5 heteroatoms. The zero-order chi connectivity index (χ0) is 12.3. The third-order valence-corrected chi connectivity index (χ3v) is 2.58. The minimum absolute atomic E-state index is 0.210. The van der Waals surface area contributed by atoms with Crippen molar-refractivity contribution in [1.82, 2.24) is 5.43 Å². The van der Waals surface area contributed by atoms with Gasteiger partial charge in [0.25, 0.3) is 0 Å². The van der Waals surface area contributed by atoms with Gasteiger partial charge in [-0.3, -0.25) is 4.99 Å². The summed E-state index contributed by atoms with van der Waals surface area (Å²) in [4.78, 5) is 4.47. The predicted molar refractivity (Wildman–Crippen MR) is 72.8 cm³/mol. The van der Waals surface area contributed by atoms with Crippen LogP contribution in [-0.4, -0.2) is 11.4 Å². The van der Waals surface area contributed by atoms with E-state index >= 15 is 0 Å². The van der Waals surface area contributed by atoms with Crippen molar-refractivity contribution >= 4 is 33.4 Å². The monoisotopic (exact) mass is 303 g/mol. The summed E-state index contributed by atoms with van der Waals surface area (Å²) >= 11 is 9.48. The number of aliphatic imine (C=N–C) groups is 1. The lowest BCUT2D eigenvalue weighted by atomic mass is 10.1. The summed E-state index contributed by atoms with van der Waals surface area (Å²) in [5.74, 6) is 6.06. The number of nitrogens with zero attached hydrogens (tertiary/aromatic N) is 1. The summed E-state index contributed by atoms with van der Waals surface area (Å²) in [7, 11) is 0. The minimum atomic E-state index is -0.210. The maximum Gasteiger partial charge on any atom is 0.144 e. The molecule has 16 heavy (non-hydrogen) atoms. The summed E-state index contributed by atoms with van der Waals surface area (Å²) in [5, 5.41) is 0.607. The number of amidine groups is 1. The van der Waals surface area contributed by atoms with Crippen molar-refractivity contribution in [2.24, 2.45) is 10.8 Å². The van der Waals surface area contributed by atoms with E-state index in [1.807, 2.05) is 39.0 Å². The molecule has 88 valence electrons. The van der Waals surface area contributed by atoms with Crippen LogP contribution in [0.3, 0.4) is 0 Å². The number of hydrogen-bond donors (Lipinski definition) is 2. The van der Waals surface area contributed by atoms with E-state index in [0.717, 1.165) is 10.0 Å². The van der Waals surface area contributed by atoms with Crippen LogP contribution in [0.15, 0.2) is 27.7 Å². The van der Waals surface area contributed by atoms with E-state index < -0.39 is 0 Å². The Kier molecular flexibility index (Phi) is 4.35. The second-order valence-electron chi connectivity index (χ2n) is 4.40. The molecule has 0 aliphatic heterocycles. The fourth-order valence-electron chi connectivity index (χ4n) is 1.19. The lowest BCUT2D eigenvalue weighted by Crippen LogP contribution is -2.33. The third-order valence-electron chi connectivity index (χ3n) is 1.77. The molecule has 0 heterocycles. The fourth-order valence-corrected chi connectivity index (χ4v) is 1.95. The Labute approximate surface area is 109 Å². The van der Waals surface area contributed by atoms with Crippen molar-refractivity contribution in [3.05, 3.63) is 33.3 Å². The lowest BCUT2D eigenvalue weighted by Gasteiger charge is -2.16. The standard InChI is InChI=1S/C11H15BrClN3/c1-11(2,3)15-10(16-14)8-5-4-7(12)6-9(8)13/h4-6H,14H2,1-3H3,(H,15,16). The van der Waals surface area contributed by atoms with Crippen LogP contribution in [0.4, 0.5) is 0 Å². The van der Waals surface area contributed by atoms with Crippen LogP contribution in [0.2, 0.25) is 5.02 Å². The number of nitrogens with one attached hydrogen (secondary N) is 1. The molecule has 1 aromatic rings. The Morgan fingerprint density at radius 3 is 2.50 bits per heavy atom. The molecule has 0 unspecified atom stereocenters. The van der Waals surface area contributed by atoms with E-state index in [1.54, 1.807) is 0 Å². The highest BCUT2D eigenvalue weighted by Crippen LogP contribution is 2.22. The number of hydrazine groups is 1. The quantitative estimate of drug-likeness (QED) is 0.362. The first kappa shape index (κ1) is 13.5. The van der Waals surface area contributed by atoms with Gasteiger partial charge in [-0.15, -0.1) is 0 Å². The lowest BCUT2D eigenvalue weighted by molar-refractivity contribution is 0.580. The van der Waals surface area contributed by atoms with Gasteiger partial charge in [-0.1, -0.05) is 27.5 Å². The van der Waals surface area contributed by atoms with Crippen molar-refractivity contribution in [1.29, 1.82) is 0 Å². The van der Waals surface area contributed by atoms with Crippen molar-refractivity contribution < 1.29 is 0 Å². The van der Waals surface area contributed by atoms with Gasteiger partial charge in [0.2, 0.25) is 0 Å². The zero-order valence-corrected chi connectivity index (χ0v) is 11.9. The highest BCUT2D eigenvalue weighted by Gasteiger charge is 2.13. The van der Waals surface area contributed by atoms with E-state index in [1.165, 1.54) is 0 Å². The van der Waals surface area contributed by atoms with E-state index in [4.69, 9.17) is 17.4 Å². The molecule has 1 aromatic carbocycles. The van der Waals surface area contributed by atoms with Crippen molar-refractivity contribution in [2.45, 2.75) is 26.3 Å². The van der Waals surface area contributed by atoms with Gasteiger partial charge in [-0.25, -0.2) is 5.84 Å². The fraction of sp³-hybridized carbons (Fsp3) is 0.364. The van der Waals surface area contributed by atoms with E-state index in [-0.39, 0.29) is 5.54 Å².